The first kappa shape index (κ1) is 16.5. The zero-order chi connectivity index (χ0) is 14.6. The molecule has 2 N–H and O–H groups in total. The van der Waals surface area contributed by atoms with E-state index in [-0.39, 0.29) is 15.8 Å². The number of aromatic carboxylic acids is 1. The Bertz CT molecular complexity index is 550. The highest BCUT2D eigenvalue weighted by Crippen LogP contribution is 2.26. The molecule has 1 unspecified atom stereocenters. The lowest BCUT2D eigenvalue weighted by atomic mass is 10.3. The van der Waals surface area contributed by atoms with Crippen molar-refractivity contribution in [1.82, 2.24) is 4.72 Å². The lowest BCUT2D eigenvalue weighted by Gasteiger charge is -2.15. The minimum absolute atomic E-state index is 0.0378. The van der Waals surface area contributed by atoms with Gasteiger partial charge < -0.3 is 5.11 Å². The number of rotatable bonds is 7. The van der Waals surface area contributed by atoms with Gasteiger partial charge in [0.15, 0.2) is 0 Å². The van der Waals surface area contributed by atoms with E-state index < -0.39 is 16.0 Å². The molecule has 0 saturated heterocycles. The van der Waals surface area contributed by atoms with Gasteiger partial charge in [-0.1, -0.05) is 6.92 Å². The van der Waals surface area contributed by atoms with Crippen molar-refractivity contribution >= 4 is 39.1 Å². The molecule has 0 saturated carbocycles. The van der Waals surface area contributed by atoms with E-state index in [0.717, 1.165) is 11.3 Å². The van der Waals surface area contributed by atoms with Gasteiger partial charge in [-0.2, -0.15) is 11.8 Å². The summed E-state index contributed by atoms with van der Waals surface area (Å²) in [5.41, 5.74) is 0. The van der Waals surface area contributed by atoms with Gasteiger partial charge in [0.2, 0.25) is 10.0 Å². The molecule has 8 heteroatoms. The Morgan fingerprint density at radius 2 is 2.21 bits per heavy atom. The molecule has 0 aliphatic rings. The molecule has 0 radical (unpaired) electrons. The van der Waals surface area contributed by atoms with Crippen molar-refractivity contribution in [2.24, 2.45) is 0 Å². The van der Waals surface area contributed by atoms with Gasteiger partial charge in [-0.15, -0.1) is 11.3 Å². The number of carboxylic acids is 1. The summed E-state index contributed by atoms with van der Waals surface area (Å²) >= 11 is 2.54. The van der Waals surface area contributed by atoms with Crippen LogP contribution in [-0.2, 0) is 10.0 Å². The van der Waals surface area contributed by atoms with Crippen LogP contribution in [0.25, 0.3) is 0 Å². The molecule has 0 fully saturated rings. The molecule has 0 aliphatic heterocycles. The number of hydrogen-bond acceptors (Lipinski definition) is 5. The molecule has 1 aromatic rings. The van der Waals surface area contributed by atoms with E-state index >= 15 is 0 Å². The van der Waals surface area contributed by atoms with Gasteiger partial charge in [-0.3, -0.25) is 0 Å². The Morgan fingerprint density at radius 1 is 1.58 bits per heavy atom. The van der Waals surface area contributed by atoms with Crippen molar-refractivity contribution in [3.63, 3.8) is 0 Å². The molecule has 19 heavy (non-hydrogen) atoms. The number of sulfonamides is 1. The third-order valence-corrected chi connectivity index (χ3v) is 6.11. The monoisotopic (exact) mass is 323 g/mol. The molecular formula is C11H17NO4S3. The van der Waals surface area contributed by atoms with Crippen LogP contribution in [0.3, 0.4) is 0 Å². The van der Waals surface area contributed by atoms with Crippen LogP contribution in [0, 0.1) is 6.92 Å². The summed E-state index contributed by atoms with van der Waals surface area (Å²) in [5, 5.41) is 8.89. The Morgan fingerprint density at radius 3 is 2.63 bits per heavy atom. The number of hydrogen-bond donors (Lipinski definition) is 2. The summed E-state index contributed by atoms with van der Waals surface area (Å²) in [7, 11) is -3.65. The highest BCUT2D eigenvalue weighted by molar-refractivity contribution is 7.98. The van der Waals surface area contributed by atoms with Crippen LogP contribution in [0.2, 0.25) is 0 Å². The first-order chi connectivity index (χ1) is 8.81. The fourth-order valence-electron chi connectivity index (χ4n) is 1.56. The van der Waals surface area contributed by atoms with E-state index in [2.05, 4.69) is 4.72 Å². The molecule has 0 aromatic carbocycles. The topological polar surface area (TPSA) is 83.5 Å². The summed E-state index contributed by atoms with van der Waals surface area (Å²) in [5.74, 6) is -0.421. The van der Waals surface area contributed by atoms with Crippen LogP contribution in [-0.4, -0.2) is 37.5 Å². The van der Waals surface area contributed by atoms with Crippen LogP contribution in [0.15, 0.2) is 11.0 Å². The maximum absolute atomic E-state index is 12.2. The van der Waals surface area contributed by atoms with Crippen LogP contribution >= 0.6 is 23.1 Å². The Labute approximate surface area is 121 Å². The van der Waals surface area contributed by atoms with Crippen molar-refractivity contribution in [2.75, 3.05) is 12.0 Å². The zero-order valence-corrected chi connectivity index (χ0v) is 13.4. The molecule has 1 heterocycles. The molecule has 1 rings (SSSR count). The third-order valence-electron chi connectivity index (χ3n) is 2.55. The molecule has 0 spiro atoms. The van der Waals surface area contributed by atoms with Crippen molar-refractivity contribution in [1.29, 1.82) is 0 Å². The Kier molecular flexibility index (Phi) is 5.84. The third kappa shape index (κ3) is 4.20. The van der Waals surface area contributed by atoms with Gasteiger partial charge in [0, 0.05) is 16.7 Å². The van der Waals surface area contributed by atoms with Gasteiger partial charge in [0.1, 0.15) is 4.88 Å². The maximum atomic E-state index is 12.2. The zero-order valence-electron chi connectivity index (χ0n) is 11.0. The molecule has 1 aromatic heterocycles. The number of thiophene rings is 1. The van der Waals surface area contributed by atoms with E-state index in [4.69, 9.17) is 5.11 Å². The summed E-state index contributed by atoms with van der Waals surface area (Å²) in [6.07, 6.45) is 2.60. The lowest BCUT2D eigenvalue weighted by molar-refractivity contribution is 0.0702. The van der Waals surface area contributed by atoms with E-state index in [0.29, 0.717) is 17.1 Å². The molecule has 108 valence electrons. The van der Waals surface area contributed by atoms with Gasteiger partial charge in [0.05, 0.1) is 4.90 Å². The number of aryl methyl sites for hydroxylation is 1. The molecule has 1 atom stereocenters. The molecule has 0 amide bonds. The van der Waals surface area contributed by atoms with Gasteiger partial charge in [-0.05, 0) is 25.7 Å². The predicted octanol–water partition coefficient (Wildman–Crippen LogP) is 2.17. The van der Waals surface area contributed by atoms with E-state index in [9.17, 15) is 13.2 Å². The Hall–Kier alpha value is -0.570. The number of thioether (sulfide) groups is 1. The van der Waals surface area contributed by atoms with Crippen LogP contribution < -0.4 is 4.72 Å². The summed E-state index contributed by atoms with van der Waals surface area (Å²) in [6, 6.07) is 1.07. The van der Waals surface area contributed by atoms with Crippen LogP contribution in [0.4, 0.5) is 0 Å². The van der Waals surface area contributed by atoms with Gasteiger partial charge >= 0.3 is 5.97 Å². The molecule has 0 bridgehead atoms. The van der Waals surface area contributed by atoms with E-state index in [1.807, 2.05) is 13.2 Å². The minimum atomic E-state index is -3.65. The lowest BCUT2D eigenvalue weighted by Crippen LogP contribution is -2.36. The first-order valence-electron chi connectivity index (χ1n) is 5.66. The smallest absolute Gasteiger partial charge is 0.345 e. The second kappa shape index (κ2) is 6.74. The van der Waals surface area contributed by atoms with E-state index in [1.165, 1.54) is 6.07 Å². The average Bonchev–Trinajstić information content (AvgIpc) is 2.71. The minimum Gasteiger partial charge on any atom is -0.477 e. The fraction of sp³-hybridized carbons (Fsp3) is 0.545. The number of nitrogens with one attached hydrogen (secondary N) is 1. The van der Waals surface area contributed by atoms with Crippen molar-refractivity contribution in [3.8, 4) is 0 Å². The highest BCUT2D eigenvalue weighted by Gasteiger charge is 2.24. The average molecular weight is 323 g/mol. The largest absolute Gasteiger partial charge is 0.477 e. The normalized spacial score (nSPS) is 13.4. The Balaban J connectivity index is 3.03. The molecule has 5 nitrogen and oxygen atoms in total. The fourth-order valence-corrected chi connectivity index (χ4v) is 5.13. The number of carbonyl (C=O) groups is 1. The van der Waals surface area contributed by atoms with E-state index in [1.54, 1.807) is 18.7 Å². The van der Waals surface area contributed by atoms with Gasteiger partial charge in [0.25, 0.3) is 0 Å². The summed E-state index contributed by atoms with van der Waals surface area (Å²) in [4.78, 5) is 11.5. The van der Waals surface area contributed by atoms with Crippen molar-refractivity contribution in [2.45, 2.75) is 31.2 Å². The van der Waals surface area contributed by atoms with Crippen LogP contribution in [0.1, 0.15) is 27.9 Å². The molecular weight excluding hydrogens is 306 g/mol. The predicted molar refractivity (Wildman–Crippen MR) is 78.8 cm³/mol. The summed E-state index contributed by atoms with van der Waals surface area (Å²) < 4.78 is 27.1. The maximum Gasteiger partial charge on any atom is 0.345 e. The summed E-state index contributed by atoms with van der Waals surface area (Å²) in [6.45, 7) is 3.52. The standard InChI is InChI=1S/C11H17NO4S3/c1-4-8(6-17-3)12-19(15,16)10-5-9(11(13)14)18-7(10)2/h5,8,12H,4,6H2,1-3H3,(H,13,14). The first-order valence-corrected chi connectivity index (χ1v) is 9.36. The highest BCUT2D eigenvalue weighted by atomic mass is 32.2. The number of carboxylic acid groups (broad SMARTS) is 1. The SMILES string of the molecule is CCC(CSC)NS(=O)(=O)c1cc(C(=O)O)sc1C. The molecule has 0 aliphatic carbocycles. The van der Waals surface area contributed by atoms with Crippen LogP contribution in [0.5, 0.6) is 0 Å². The second-order valence-electron chi connectivity index (χ2n) is 4.02. The van der Waals surface area contributed by atoms with Crippen molar-refractivity contribution < 1.29 is 18.3 Å². The quantitative estimate of drug-likeness (QED) is 0.803. The van der Waals surface area contributed by atoms with Crippen molar-refractivity contribution in [3.05, 3.63) is 15.8 Å². The van der Waals surface area contributed by atoms with Gasteiger partial charge in [-0.25, -0.2) is 17.9 Å². The second-order valence-corrected chi connectivity index (χ2v) is 7.87.